The van der Waals surface area contributed by atoms with Crippen LogP contribution in [0.5, 0.6) is 0 Å². The van der Waals surface area contributed by atoms with E-state index in [2.05, 4.69) is 151 Å². The van der Waals surface area contributed by atoms with E-state index in [1.54, 1.807) is 0 Å². The molecule has 41 heavy (non-hydrogen) atoms. The normalized spacial score (nSPS) is 11.9. The van der Waals surface area contributed by atoms with E-state index in [1.807, 2.05) is 0 Å². The molecule has 0 fully saturated rings. The van der Waals surface area contributed by atoms with Crippen molar-refractivity contribution in [3.05, 3.63) is 146 Å². The van der Waals surface area contributed by atoms with Gasteiger partial charge in [0.1, 0.15) is 0 Å². The van der Waals surface area contributed by atoms with Crippen LogP contribution in [0.3, 0.4) is 0 Å². The van der Waals surface area contributed by atoms with Gasteiger partial charge in [0.25, 0.3) is 0 Å². The Morgan fingerprint density at radius 1 is 0.341 bits per heavy atom. The predicted molar refractivity (Wildman–Crippen MR) is 176 cm³/mol. The molecule has 0 spiro atoms. The molecule has 0 saturated carbocycles. The third-order valence-electron chi connectivity index (χ3n) is 8.72. The fraction of sp³-hybridized carbons (Fsp3) is 0. The van der Waals surface area contributed by atoms with Gasteiger partial charge in [0.2, 0.25) is 0 Å². The Bertz CT molecular complexity index is 2420. The highest BCUT2D eigenvalue weighted by Crippen LogP contribution is 2.46. The smallest absolute Gasteiger partial charge is 0.0550 e. The average Bonchev–Trinajstić information content (AvgIpc) is 3.39. The van der Waals surface area contributed by atoms with Crippen molar-refractivity contribution in [1.82, 2.24) is 4.98 Å². The van der Waals surface area contributed by atoms with Crippen LogP contribution in [0.25, 0.3) is 87.5 Å². The quantitative estimate of drug-likeness (QED) is 0.219. The van der Waals surface area contributed by atoms with Gasteiger partial charge in [0, 0.05) is 22.2 Å². The monoisotopic (exact) mass is 519 g/mol. The minimum atomic E-state index is 1.17. The Labute approximate surface area is 237 Å². The second-order valence-electron chi connectivity index (χ2n) is 11.0. The van der Waals surface area contributed by atoms with Gasteiger partial charge in [0.05, 0.1) is 5.52 Å². The zero-order valence-corrected chi connectivity index (χ0v) is 22.4. The van der Waals surface area contributed by atoms with E-state index in [9.17, 15) is 0 Å². The van der Waals surface area contributed by atoms with E-state index in [1.165, 1.54) is 87.5 Å². The first-order valence-electron chi connectivity index (χ1n) is 14.2. The number of aromatic amines is 1. The van der Waals surface area contributed by atoms with E-state index < -0.39 is 0 Å². The molecule has 1 aliphatic heterocycles. The van der Waals surface area contributed by atoms with Gasteiger partial charge < -0.3 is 4.98 Å². The molecule has 0 amide bonds. The number of rotatable bonds is 2. The highest BCUT2D eigenvalue weighted by Gasteiger charge is 2.21. The fourth-order valence-electron chi connectivity index (χ4n) is 6.82. The second-order valence-corrected chi connectivity index (χ2v) is 11.0. The molecule has 0 bridgehead atoms. The summed E-state index contributed by atoms with van der Waals surface area (Å²) in [5.74, 6) is 0. The van der Waals surface area contributed by atoms with Crippen molar-refractivity contribution in [2.24, 2.45) is 0 Å². The maximum atomic E-state index is 3.95. The molecule has 0 aromatic heterocycles. The molecule has 1 nitrogen and oxygen atoms in total. The number of nitrogens with one attached hydrogen (secondary N) is 1. The molecule has 0 radical (unpaired) electrons. The number of fused-ring (bicyclic) bond motifs is 7. The minimum Gasteiger partial charge on any atom is -0.354 e. The molecule has 190 valence electrons. The van der Waals surface area contributed by atoms with E-state index in [4.69, 9.17) is 0 Å². The molecular weight excluding hydrogens is 494 g/mol. The Morgan fingerprint density at radius 3 is 1.51 bits per heavy atom. The molecule has 1 heterocycles. The van der Waals surface area contributed by atoms with Crippen LogP contribution in [-0.4, -0.2) is 4.98 Å². The zero-order valence-electron chi connectivity index (χ0n) is 22.4. The summed E-state index contributed by atoms with van der Waals surface area (Å²) in [6, 6.07) is 53.3. The van der Waals surface area contributed by atoms with Crippen molar-refractivity contribution in [2.45, 2.75) is 0 Å². The van der Waals surface area contributed by atoms with Crippen molar-refractivity contribution in [3.8, 4) is 33.5 Å². The number of benzene rings is 7. The molecule has 0 unspecified atom stereocenters. The van der Waals surface area contributed by atoms with Gasteiger partial charge in [-0.1, -0.05) is 121 Å². The van der Waals surface area contributed by atoms with E-state index in [0.717, 1.165) is 0 Å². The Morgan fingerprint density at radius 2 is 0.854 bits per heavy atom. The largest absolute Gasteiger partial charge is 0.354 e. The van der Waals surface area contributed by atoms with Crippen LogP contribution in [0, 0.1) is 0 Å². The Hall–Kier alpha value is -5.40. The van der Waals surface area contributed by atoms with Crippen LogP contribution in [0.2, 0.25) is 0 Å². The number of hydrogen-bond acceptors (Lipinski definition) is 0. The third-order valence-corrected chi connectivity index (χ3v) is 8.72. The number of pyridine rings is 1. The molecule has 0 atom stereocenters. The van der Waals surface area contributed by atoms with Gasteiger partial charge in [-0.25, -0.2) is 0 Å². The number of hydrogen-bond donors (Lipinski definition) is 1. The van der Waals surface area contributed by atoms with Crippen LogP contribution >= 0.6 is 0 Å². The maximum Gasteiger partial charge on any atom is 0.0550 e. The molecule has 0 saturated heterocycles. The molecule has 9 rings (SSSR count). The van der Waals surface area contributed by atoms with Crippen molar-refractivity contribution in [3.63, 3.8) is 0 Å². The molecule has 2 aliphatic rings. The van der Waals surface area contributed by atoms with Crippen molar-refractivity contribution in [2.75, 3.05) is 0 Å². The topological polar surface area (TPSA) is 15.8 Å². The van der Waals surface area contributed by atoms with E-state index in [0.29, 0.717) is 0 Å². The maximum absolute atomic E-state index is 3.95. The predicted octanol–water partition coefficient (Wildman–Crippen LogP) is 11.2. The Balaban J connectivity index is 1.48. The van der Waals surface area contributed by atoms with Gasteiger partial charge in [-0.15, -0.1) is 0 Å². The summed E-state index contributed by atoms with van der Waals surface area (Å²) in [5.41, 5.74) is 8.58. The lowest BCUT2D eigenvalue weighted by atomic mass is 9.86. The van der Waals surface area contributed by atoms with Gasteiger partial charge in [0.15, 0.2) is 0 Å². The summed E-state index contributed by atoms with van der Waals surface area (Å²) in [4.78, 5) is 3.95. The van der Waals surface area contributed by atoms with Gasteiger partial charge in [-0.2, -0.15) is 0 Å². The van der Waals surface area contributed by atoms with E-state index >= 15 is 0 Å². The fourth-order valence-corrected chi connectivity index (χ4v) is 6.82. The average molecular weight is 520 g/mol. The second kappa shape index (κ2) is 8.55. The SMILES string of the molecule is c1ccc2cc(-c3c4ccccc4c(-c4ccc5ccccc5c4)c4[nH]c5cc6ccccc6c-5cc34)ccc2c1. The van der Waals surface area contributed by atoms with Gasteiger partial charge in [-0.3, -0.25) is 0 Å². The molecule has 7 aromatic carbocycles. The molecular formula is C40H25N. The summed E-state index contributed by atoms with van der Waals surface area (Å²) in [6.07, 6.45) is 0. The summed E-state index contributed by atoms with van der Waals surface area (Å²) >= 11 is 0. The lowest BCUT2D eigenvalue weighted by molar-refractivity contribution is 1.43. The van der Waals surface area contributed by atoms with Crippen LogP contribution in [0.15, 0.2) is 146 Å². The van der Waals surface area contributed by atoms with Crippen molar-refractivity contribution < 1.29 is 0 Å². The zero-order chi connectivity index (χ0) is 26.9. The third kappa shape index (κ3) is 3.36. The van der Waals surface area contributed by atoms with Crippen LogP contribution in [0.4, 0.5) is 0 Å². The first kappa shape index (κ1) is 22.4. The lowest BCUT2D eigenvalue weighted by Gasteiger charge is -2.20. The standard InChI is InChI=1S/C40H25N/c1-3-11-27-21-30(19-17-25(27)9-1)38-33-15-7-8-16-34(33)39(31-20-18-26-10-2-4-12-28(26)22-31)40-36(38)24-35-32-14-6-5-13-29(32)23-37(35)41-40/h1-24,41H. The molecule has 7 aromatic rings. The summed E-state index contributed by atoms with van der Waals surface area (Å²) in [7, 11) is 0. The minimum absolute atomic E-state index is 1.17. The highest BCUT2D eigenvalue weighted by molar-refractivity contribution is 6.22. The highest BCUT2D eigenvalue weighted by atomic mass is 14.7. The van der Waals surface area contributed by atoms with Crippen LogP contribution < -0.4 is 0 Å². The molecule has 1 N–H and O–H groups in total. The van der Waals surface area contributed by atoms with Gasteiger partial charge >= 0.3 is 0 Å². The van der Waals surface area contributed by atoms with Gasteiger partial charge in [-0.05, 0) is 84.0 Å². The number of H-pyrrole nitrogens is 1. The van der Waals surface area contributed by atoms with Crippen LogP contribution in [0.1, 0.15) is 0 Å². The Kier molecular flexibility index (Phi) is 4.67. The molecule has 1 heteroatoms. The van der Waals surface area contributed by atoms with Crippen LogP contribution in [-0.2, 0) is 0 Å². The van der Waals surface area contributed by atoms with Crippen molar-refractivity contribution in [1.29, 1.82) is 0 Å². The van der Waals surface area contributed by atoms with Crippen molar-refractivity contribution >= 4 is 54.0 Å². The summed E-state index contributed by atoms with van der Waals surface area (Å²) < 4.78 is 0. The summed E-state index contributed by atoms with van der Waals surface area (Å²) in [5, 5.41) is 11.3. The first-order chi connectivity index (χ1) is 20.3. The van der Waals surface area contributed by atoms with E-state index in [-0.39, 0.29) is 0 Å². The summed E-state index contributed by atoms with van der Waals surface area (Å²) in [6.45, 7) is 0. The lowest BCUT2D eigenvalue weighted by Crippen LogP contribution is -1.95. The molecule has 1 aliphatic carbocycles. The first-order valence-corrected chi connectivity index (χ1v) is 14.2. The number of aromatic nitrogens is 1.